The highest BCUT2D eigenvalue weighted by molar-refractivity contribution is 14.0. The molecule has 0 saturated carbocycles. The van der Waals surface area contributed by atoms with Crippen molar-refractivity contribution in [3.63, 3.8) is 0 Å². The average Bonchev–Trinajstić information content (AvgIpc) is 3.11. The number of nitrogens with zero attached hydrogens (tertiary/aromatic N) is 3. The lowest BCUT2D eigenvalue weighted by Gasteiger charge is -2.12. The van der Waals surface area contributed by atoms with Gasteiger partial charge in [-0.05, 0) is 24.6 Å². The Kier molecular flexibility index (Phi) is 9.97. The number of ether oxygens (including phenoxy) is 1. The first kappa shape index (κ1) is 23.1. The third-order valence-corrected chi connectivity index (χ3v) is 3.27. The molecule has 27 heavy (non-hydrogen) atoms. The monoisotopic (exact) mass is 497 g/mol. The number of hydrogen-bond acceptors (Lipinski definition) is 3. The van der Waals surface area contributed by atoms with E-state index in [1.165, 1.54) is 12.3 Å². The van der Waals surface area contributed by atoms with Gasteiger partial charge in [0.1, 0.15) is 0 Å². The molecule has 2 aromatic heterocycles. The maximum absolute atomic E-state index is 12.1. The van der Waals surface area contributed by atoms with Gasteiger partial charge < -0.3 is 19.9 Å². The molecule has 0 unspecified atom stereocenters. The fourth-order valence-electron chi connectivity index (χ4n) is 2.08. The summed E-state index contributed by atoms with van der Waals surface area (Å²) in [6.45, 7) is 3.21. The van der Waals surface area contributed by atoms with Crippen LogP contribution in [0.5, 0.6) is 5.88 Å². The predicted molar refractivity (Wildman–Crippen MR) is 108 cm³/mol. The molecule has 10 heteroatoms. The van der Waals surface area contributed by atoms with Crippen LogP contribution in [-0.2, 0) is 13.1 Å². The number of pyridine rings is 1. The maximum Gasteiger partial charge on any atom is 0.422 e. The number of aliphatic imine (C=N–C) groups is 1. The molecule has 2 N–H and O–H groups in total. The van der Waals surface area contributed by atoms with Crippen LogP contribution in [0.25, 0.3) is 0 Å². The Morgan fingerprint density at radius 3 is 2.56 bits per heavy atom. The van der Waals surface area contributed by atoms with Crippen molar-refractivity contribution in [3.8, 4) is 5.88 Å². The number of hydrogen-bond donors (Lipinski definition) is 2. The van der Waals surface area contributed by atoms with E-state index >= 15 is 0 Å². The van der Waals surface area contributed by atoms with E-state index in [1.807, 2.05) is 31.5 Å². The Morgan fingerprint density at radius 1 is 1.22 bits per heavy atom. The highest BCUT2D eigenvalue weighted by Gasteiger charge is 2.28. The third-order valence-electron chi connectivity index (χ3n) is 3.27. The van der Waals surface area contributed by atoms with Crippen LogP contribution in [0.1, 0.15) is 12.5 Å². The van der Waals surface area contributed by atoms with Crippen LogP contribution in [0.15, 0.2) is 47.8 Å². The zero-order valence-electron chi connectivity index (χ0n) is 14.9. The van der Waals surface area contributed by atoms with Gasteiger partial charge in [-0.15, -0.1) is 24.0 Å². The maximum atomic E-state index is 12.1. The van der Waals surface area contributed by atoms with Crippen molar-refractivity contribution in [1.29, 1.82) is 0 Å². The Labute approximate surface area is 173 Å². The highest BCUT2D eigenvalue weighted by Crippen LogP contribution is 2.17. The lowest BCUT2D eigenvalue weighted by atomic mass is 10.3. The Hall–Kier alpha value is -1.98. The number of guanidine groups is 1. The minimum absolute atomic E-state index is 0. The van der Waals surface area contributed by atoms with Gasteiger partial charge in [0.2, 0.25) is 5.88 Å². The van der Waals surface area contributed by atoms with E-state index in [1.54, 1.807) is 6.07 Å². The van der Waals surface area contributed by atoms with Gasteiger partial charge in [0.25, 0.3) is 0 Å². The second-order valence-electron chi connectivity index (χ2n) is 5.45. The summed E-state index contributed by atoms with van der Waals surface area (Å²) >= 11 is 0. The second-order valence-corrected chi connectivity index (χ2v) is 5.45. The van der Waals surface area contributed by atoms with Crippen LogP contribution in [0.3, 0.4) is 0 Å². The SMILES string of the molecule is CCNC(=NCc1ccc(OCC(F)(F)F)nc1)NCCn1cccc1.I. The number of nitrogens with one attached hydrogen (secondary N) is 2. The highest BCUT2D eigenvalue weighted by atomic mass is 127. The summed E-state index contributed by atoms with van der Waals surface area (Å²) < 4.78 is 43.0. The van der Waals surface area contributed by atoms with E-state index in [0.29, 0.717) is 19.0 Å². The lowest BCUT2D eigenvalue weighted by molar-refractivity contribution is -0.154. The summed E-state index contributed by atoms with van der Waals surface area (Å²) in [6, 6.07) is 6.98. The first-order chi connectivity index (χ1) is 12.5. The van der Waals surface area contributed by atoms with E-state index in [9.17, 15) is 13.2 Å². The molecule has 0 aromatic carbocycles. The van der Waals surface area contributed by atoms with Gasteiger partial charge in [0.05, 0.1) is 6.54 Å². The first-order valence-corrected chi connectivity index (χ1v) is 8.23. The second kappa shape index (κ2) is 11.7. The van der Waals surface area contributed by atoms with Gasteiger partial charge in [0, 0.05) is 44.3 Å². The topological polar surface area (TPSA) is 63.5 Å². The molecule has 0 aliphatic carbocycles. The number of halogens is 4. The minimum atomic E-state index is -4.38. The molecule has 0 radical (unpaired) electrons. The van der Waals surface area contributed by atoms with Crippen LogP contribution in [0.2, 0.25) is 0 Å². The van der Waals surface area contributed by atoms with Gasteiger partial charge in [-0.25, -0.2) is 9.98 Å². The van der Waals surface area contributed by atoms with E-state index in [0.717, 1.165) is 18.7 Å². The van der Waals surface area contributed by atoms with Crippen LogP contribution >= 0.6 is 24.0 Å². The molecule has 2 heterocycles. The van der Waals surface area contributed by atoms with E-state index in [-0.39, 0.29) is 29.9 Å². The quantitative estimate of drug-likeness (QED) is 0.334. The van der Waals surface area contributed by atoms with E-state index in [4.69, 9.17) is 0 Å². The summed E-state index contributed by atoms with van der Waals surface area (Å²) in [4.78, 5) is 8.31. The van der Waals surface area contributed by atoms with Crippen LogP contribution in [0, 0.1) is 0 Å². The van der Waals surface area contributed by atoms with E-state index in [2.05, 4.69) is 29.9 Å². The van der Waals surface area contributed by atoms with Crippen LogP contribution in [0.4, 0.5) is 13.2 Å². The molecule has 2 aromatic rings. The largest absolute Gasteiger partial charge is 0.468 e. The van der Waals surface area contributed by atoms with Crippen LogP contribution in [-0.4, -0.2) is 41.4 Å². The summed E-state index contributed by atoms with van der Waals surface area (Å²) in [5.41, 5.74) is 0.770. The molecule has 2 rings (SSSR count). The molecule has 0 fully saturated rings. The summed E-state index contributed by atoms with van der Waals surface area (Å²) in [6.07, 6.45) is 1.05. The van der Waals surface area contributed by atoms with E-state index < -0.39 is 12.8 Å². The molecule has 0 amide bonds. The van der Waals surface area contributed by atoms with Crippen molar-refractivity contribution in [1.82, 2.24) is 20.2 Å². The molecule has 0 aliphatic rings. The zero-order chi connectivity index (χ0) is 18.8. The minimum Gasteiger partial charge on any atom is -0.468 e. The summed E-state index contributed by atoms with van der Waals surface area (Å²) in [7, 11) is 0. The average molecular weight is 497 g/mol. The fourth-order valence-corrected chi connectivity index (χ4v) is 2.08. The van der Waals surface area contributed by atoms with Crippen molar-refractivity contribution in [2.75, 3.05) is 19.7 Å². The lowest BCUT2D eigenvalue weighted by Crippen LogP contribution is -2.38. The van der Waals surface area contributed by atoms with Gasteiger partial charge in [0.15, 0.2) is 12.6 Å². The molecular formula is C17H23F3IN5O. The van der Waals surface area contributed by atoms with Crippen molar-refractivity contribution in [2.24, 2.45) is 4.99 Å². The molecule has 0 saturated heterocycles. The molecule has 0 aliphatic heterocycles. The van der Waals surface area contributed by atoms with Gasteiger partial charge >= 0.3 is 6.18 Å². The fraction of sp³-hybridized carbons (Fsp3) is 0.412. The Morgan fingerprint density at radius 2 is 1.96 bits per heavy atom. The smallest absolute Gasteiger partial charge is 0.422 e. The van der Waals surface area contributed by atoms with Gasteiger partial charge in [-0.2, -0.15) is 13.2 Å². The Bertz CT molecular complexity index is 675. The van der Waals surface area contributed by atoms with Gasteiger partial charge in [-0.1, -0.05) is 6.07 Å². The molecule has 150 valence electrons. The standard InChI is InChI=1S/C17H22F3N5O.HI/c1-2-21-16(22-7-10-25-8-3-4-9-25)24-12-14-5-6-15(23-11-14)26-13-17(18,19)20;/h3-6,8-9,11H,2,7,10,12-13H2,1H3,(H2,21,22,24);1H. The van der Waals surface area contributed by atoms with Crippen molar-refractivity contribution in [3.05, 3.63) is 48.4 Å². The van der Waals surface area contributed by atoms with Gasteiger partial charge in [-0.3, -0.25) is 0 Å². The predicted octanol–water partition coefficient (Wildman–Crippen LogP) is 3.20. The first-order valence-electron chi connectivity index (χ1n) is 8.23. The normalized spacial score (nSPS) is 11.6. The number of rotatable bonds is 8. The molecular weight excluding hydrogens is 474 g/mol. The van der Waals surface area contributed by atoms with Crippen molar-refractivity contribution in [2.45, 2.75) is 26.2 Å². The molecule has 0 bridgehead atoms. The summed E-state index contributed by atoms with van der Waals surface area (Å²) in [5.74, 6) is 0.601. The van der Waals surface area contributed by atoms with Crippen molar-refractivity contribution < 1.29 is 17.9 Å². The summed E-state index contributed by atoms with van der Waals surface area (Å²) in [5, 5.41) is 6.37. The number of alkyl halides is 3. The van der Waals surface area contributed by atoms with Crippen LogP contribution < -0.4 is 15.4 Å². The molecule has 6 nitrogen and oxygen atoms in total. The third kappa shape index (κ3) is 9.50. The molecule has 0 spiro atoms. The Balaban J connectivity index is 0.00000364. The van der Waals surface area contributed by atoms with Crippen molar-refractivity contribution >= 4 is 29.9 Å². The number of aromatic nitrogens is 2. The zero-order valence-corrected chi connectivity index (χ0v) is 17.2. The molecule has 0 atom stereocenters.